The number of benzene rings is 2. The fourth-order valence-electron chi connectivity index (χ4n) is 5.83. The molecule has 200 valence electrons. The fourth-order valence-corrected chi connectivity index (χ4v) is 5.83. The number of nitrogens with zero attached hydrogens (tertiary/aromatic N) is 2. The summed E-state index contributed by atoms with van der Waals surface area (Å²) in [5, 5.41) is 6.09. The lowest BCUT2D eigenvalue weighted by molar-refractivity contribution is -0.137. The third kappa shape index (κ3) is 5.51. The second kappa shape index (κ2) is 10.7. The van der Waals surface area contributed by atoms with Gasteiger partial charge >= 0.3 is 6.18 Å². The van der Waals surface area contributed by atoms with Gasteiger partial charge in [-0.05, 0) is 55.0 Å². The van der Waals surface area contributed by atoms with Gasteiger partial charge < -0.3 is 10.6 Å². The van der Waals surface area contributed by atoms with Crippen molar-refractivity contribution in [3.63, 3.8) is 0 Å². The summed E-state index contributed by atoms with van der Waals surface area (Å²) in [7, 11) is 0. The summed E-state index contributed by atoms with van der Waals surface area (Å²) in [4.78, 5) is 22.8. The van der Waals surface area contributed by atoms with Crippen LogP contribution in [0.2, 0.25) is 0 Å². The summed E-state index contributed by atoms with van der Waals surface area (Å²) in [5.41, 5.74) is 0.403. The first kappa shape index (κ1) is 26.1. The SMILES string of the molecule is O=C(NCc1cc(F)cc(C(F)(F)F)c1)c1cnc(NC2CCCC2)nc1C1(c2ccccc2)CCCC1. The Morgan fingerprint density at radius 3 is 2.39 bits per heavy atom. The van der Waals surface area contributed by atoms with Crippen LogP contribution in [0.25, 0.3) is 0 Å². The van der Waals surface area contributed by atoms with Crippen LogP contribution in [0.5, 0.6) is 0 Å². The largest absolute Gasteiger partial charge is 0.416 e. The molecule has 0 aliphatic heterocycles. The van der Waals surface area contributed by atoms with Gasteiger partial charge in [-0.15, -0.1) is 0 Å². The predicted octanol–water partition coefficient (Wildman–Crippen LogP) is 6.78. The highest BCUT2D eigenvalue weighted by Crippen LogP contribution is 2.47. The number of hydrogen-bond acceptors (Lipinski definition) is 4. The highest BCUT2D eigenvalue weighted by Gasteiger charge is 2.42. The van der Waals surface area contributed by atoms with Gasteiger partial charge in [0.1, 0.15) is 5.82 Å². The number of anilines is 1. The molecule has 0 spiro atoms. The molecule has 2 N–H and O–H groups in total. The average molecular weight is 527 g/mol. The van der Waals surface area contributed by atoms with Crippen LogP contribution >= 0.6 is 0 Å². The Balaban J connectivity index is 1.48. The molecular weight excluding hydrogens is 496 g/mol. The van der Waals surface area contributed by atoms with Crippen LogP contribution in [0, 0.1) is 5.82 Å². The van der Waals surface area contributed by atoms with Crippen LogP contribution in [0.4, 0.5) is 23.5 Å². The summed E-state index contributed by atoms with van der Waals surface area (Å²) >= 11 is 0. The van der Waals surface area contributed by atoms with E-state index < -0.39 is 28.9 Å². The molecular formula is C29H30F4N4O. The Morgan fingerprint density at radius 1 is 1.00 bits per heavy atom. The first-order valence-corrected chi connectivity index (χ1v) is 13.1. The smallest absolute Gasteiger partial charge is 0.351 e. The summed E-state index contributed by atoms with van der Waals surface area (Å²) in [6, 6.07) is 12.5. The van der Waals surface area contributed by atoms with Gasteiger partial charge in [0, 0.05) is 24.2 Å². The van der Waals surface area contributed by atoms with Crippen LogP contribution in [-0.2, 0) is 18.1 Å². The third-order valence-corrected chi connectivity index (χ3v) is 7.70. The maximum absolute atomic E-state index is 13.9. The molecule has 2 aliphatic carbocycles. The Morgan fingerprint density at radius 2 is 1.71 bits per heavy atom. The van der Waals surface area contributed by atoms with Crippen molar-refractivity contribution < 1.29 is 22.4 Å². The first-order chi connectivity index (χ1) is 18.2. The van der Waals surface area contributed by atoms with E-state index in [1.54, 1.807) is 0 Å². The van der Waals surface area contributed by atoms with Gasteiger partial charge in [-0.25, -0.2) is 14.4 Å². The summed E-state index contributed by atoms with van der Waals surface area (Å²) in [6.07, 6.45) is 4.79. The molecule has 3 aromatic rings. The Bertz CT molecular complexity index is 1280. The van der Waals surface area contributed by atoms with Crippen molar-refractivity contribution in [3.05, 3.63) is 88.5 Å². The van der Waals surface area contributed by atoms with Crippen molar-refractivity contribution in [2.24, 2.45) is 0 Å². The summed E-state index contributed by atoms with van der Waals surface area (Å²) in [6.45, 7) is -0.264. The molecule has 5 nitrogen and oxygen atoms in total. The summed E-state index contributed by atoms with van der Waals surface area (Å²) < 4.78 is 53.3. The quantitative estimate of drug-likeness (QED) is 0.333. The molecule has 0 atom stereocenters. The molecule has 9 heteroatoms. The topological polar surface area (TPSA) is 66.9 Å². The zero-order valence-corrected chi connectivity index (χ0v) is 21.0. The number of hydrogen-bond donors (Lipinski definition) is 2. The monoisotopic (exact) mass is 526 g/mol. The average Bonchev–Trinajstić information content (AvgIpc) is 3.60. The van der Waals surface area contributed by atoms with E-state index in [-0.39, 0.29) is 23.7 Å². The van der Waals surface area contributed by atoms with E-state index in [9.17, 15) is 22.4 Å². The number of aromatic nitrogens is 2. The number of carbonyl (C=O) groups excluding carboxylic acids is 1. The van der Waals surface area contributed by atoms with Crippen molar-refractivity contribution in [3.8, 4) is 0 Å². The highest BCUT2D eigenvalue weighted by atomic mass is 19.4. The highest BCUT2D eigenvalue weighted by molar-refractivity contribution is 5.95. The molecule has 2 saturated carbocycles. The second-order valence-electron chi connectivity index (χ2n) is 10.3. The molecule has 2 fully saturated rings. The fraction of sp³-hybridized carbons (Fsp3) is 0.414. The first-order valence-electron chi connectivity index (χ1n) is 13.1. The maximum Gasteiger partial charge on any atom is 0.416 e. The van der Waals surface area contributed by atoms with Crippen LogP contribution in [0.15, 0.2) is 54.7 Å². The Kier molecular flexibility index (Phi) is 7.36. The Labute approximate surface area is 219 Å². The molecule has 0 radical (unpaired) electrons. The number of carbonyl (C=O) groups is 1. The van der Waals surface area contributed by atoms with Crippen LogP contribution in [0.1, 0.15) is 84.1 Å². The van der Waals surface area contributed by atoms with Crippen molar-refractivity contribution in [2.75, 3.05) is 5.32 Å². The van der Waals surface area contributed by atoms with E-state index in [0.29, 0.717) is 17.7 Å². The molecule has 2 aliphatic rings. The van der Waals surface area contributed by atoms with Crippen molar-refractivity contribution in [2.45, 2.75) is 75.5 Å². The minimum atomic E-state index is -4.69. The van der Waals surface area contributed by atoms with Gasteiger partial charge in [0.15, 0.2) is 0 Å². The predicted molar refractivity (Wildman–Crippen MR) is 136 cm³/mol. The van der Waals surface area contributed by atoms with Gasteiger partial charge in [0.05, 0.1) is 16.8 Å². The van der Waals surface area contributed by atoms with Gasteiger partial charge in [0.25, 0.3) is 5.91 Å². The zero-order valence-electron chi connectivity index (χ0n) is 21.0. The van der Waals surface area contributed by atoms with E-state index in [0.717, 1.165) is 69.1 Å². The molecule has 2 aromatic carbocycles. The maximum atomic E-state index is 13.9. The summed E-state index contributed by atoms with van der Waals surface area (Å²) in [5.74, 6) is -1.04. The molecule has 0 unspecified atom stereocenters. The second-order valence-corrected chi connectivity index (χ2v) is 10.3. The van der Waals surface area contributed by atoms with Gasteiger partial charge in [-0.2, -0.15) is 13.2 Å². The van der Waals surface area contributed by atoms with Gasteiger partial charge in [-0.1, -0.05) is 56.0 Å². The van der Waals surface area contributed by atoms with Crippen LogP contribution < -0.4 is 10.6 Å². The normalized spacial score (nSPS) is 17.5. The van der Waals surface area contributed by atoms with Crippen LogP contribution in [0.3, 0.4) is 0 Å². The Hall–Kier alpha value is -3.49. The lowest BCUT2D eigenvalue weighted by atomic mass is 9.74. The van der Waals surface area contributed by atoms with Crippen molar-refractivity contribution >= 4 is 11.9 Å². The minimum absolute atomic E-state index is 0.0197. The van der Waals surface area contributed by atoms with E-state index in [1.807, 2.05) is 30.3 Å². The minimum Gasteiger partial charge on any atom is -0.351 e. The number of rotatable bonds is 7. The molecule has 0 bridgehead atoms. The van der Waals surface area contributed by atoms with Gasteiger partial charge in [0.2, 0.25) is 5.95 Å². The number of alkyl halides is 3. The van der Waals surface area contributed by atoms with E-state index in [2.05, 4.69) is 15.6 Å². The standard InChI is InChI=1S/C29H30F4N4O/c30-22-15-19(14-21(16-22)29(31,32)33)17-34-26(38)24-18-35-27(36-23-10-4-5-11-23)37-25(24)28(12-6-7-13-28)20-8-2-1-3-9-20/h1-3,8-9,14-16,18,23H,4-7,10-13,17H2,(H,34,38)(H,35,36,37). The number of halogens is 4. The van der Waals surface area contributed by atoms with Crippen molar-refractivity contribution in [1.82, 2.24) is 15.3 Å². The lowest BCUT2D eigenvalue weighted by Crippen LogP contribution is -2.33. The molecule has 5 rings (SSSR count). The molecule has 38 heavy (non-hydrogen) atoms. The van der Waals surface area contributed by atoms with Crippen LogP contribution in [-0.4, -0.2) is 21.9 Å². The lowest BCUT2D eigenvalue weighted by Gasteiger charge is -2.31. The zero-order chi connectivity index (χ0) is 26.8. The number of nitrogens with one attached hydrogen (secondary N) is 2. The molecule has 0 saturated heterocycles. The van der Waals surface area contributed by atoms with E-state index in [4.69, 9.17) is 4.98 Å². The third-order valence-electron chi connectivity index (χ3n) is 7.70. The van der Waals surface area contributed by atoms with E-state index in [1.165, 1.54) is 6.20 Å². The number of amides is 1. The molecule has 1 amide bonds. The molecule has 1 heterocycles. The molecule has 1 aromatic heterocycles. The van der Waals surface area contributed by atoms with E-state index >= 15 is 0 Å². The van der Waals surface area contributed by atoms with Crippen molar-refractivity contribution in [1.29, 1.82) is 0 Å². The van der Waals surface area contributed by atoms with Gasteiger partial charge in [-0.3, -0.25) is 4.79 Å².